The normalized spacial score (nSPS) is 42.9. The summed E-state index contributed by atoms with van der Waals surface area (Å²) in [6.45, 7) is 0. The Balaban J connectivity index is 1.60. The average Bonchev–Trinajstić information content (AvgIpc) is 2.60. The molecule has 92 valence electrons. The molecule has 0 saturated heterocycles. The lowest BCUT2D eigenvalue weighted by molar-refractivity contribution is 0.0106. The molecule has 4 heteroatoms. The van der Waals surface area contributed by atoms with Gasteiger partial charge in [-0.1, -0.05) is 0 Å². The van der Waals surface area contributed by atoms with Gasteiger partial charge in [-0.3, -0.25) is 0 Å². The van der Waals surface area contributed by atoms with Crippen LogP contribution >= 0.6 is 11.3 Å². The van der Waals surface area contributed by atoms with Crippen LogP contribution in [0.25, 0.3) is 0 Å². The molecule has 4 fully saturated rings. The van der Waals surface area contributed by atoms with Crippen LogP contribution in [0.2, 0.25) is 0 Å². The van der Waals surface area contributed by atoms with Crippen molar-refractivity contribution in [3.05, 3.63) is 5.38 Å². The number of nitrogen functional groups attached to an aromatic ring is 1. The van der Waals surface area contributed by atoms with Crippen molar-refractivity contribution in [2.75, 3.05) is 11.1 Å². The number of aromatic nitrogens is 1. The van der Waals surface area contributed by atoms with E-state index in [1.54, 1.807) is 0 Å². The molecule has 0 radical (unpaired) electrons. The Kier molecular flexibility index (Phi) is 2.02. The molecule has 4 saturated carbocycles. The van der Waals surface area contributed by atoms with Gasteiger partial charge >= 0.3 is 0 Å². The standard InChI is InChI=1S/C13H19N3S/c14-12-15-11(7-17-12)16-13-4-8-1-9(5-13)3-10(2-8)6-13/h7-10,16H,1-6H2,(H2,14,15). The summed E-state index contributed by atoms with van der Waals surface area (Å²) in [4.78, 5) is 4.37. The summed E-state index contributed by atoms with van der Waals surface area (Å²) >= 11 is 1.54. The molecule has 0 amide bonds. The van der Waals surface area contributed by atoms with Crippen LogP contribution in [0.5, 0.6) is 0 Å². The molecule has 5 rings (SSSR count). The van der Waals surface area contributed by atoms with Crippen LogP contribution in [0.1, 0.15) is 38.5 Å². The number of anilines is 2. The molecule has 0 atom stereocenters. The maximum absolute atomic E-state index is 5.71. The maximum Gasteiger partial charge on any atom is 0.182 e. The fraction of sp³-hybridized carbons (Fsp3) is 0.769. The van der Waals surface area contributed by atoms with Crippen LogP contribution in [0.15, 0.2) is 5.38 Å². The highest BCUT2D eigenvalue weighted by Gasteiger charge is 2.51. The zero-order valence-corrected chi connectivity index (χ0v) is 10.8. The first-order valence-electron chi connectivity index (χ1n) is 6.70. The van der Waals surface area contributed by atoms with E-state index < -0.39 is 0 Å². The van der Waals surface area contributed by atoms with E-state index in [2.05, 4.69) is 15.7 Å². The second-order valence-corrected chi connectivity index (χ2v) is 7.28. The van der Waals surface area contributed by atoms with Gasteiger partial charge in [0.25, 0.3) is 0 Å². The van der Waals surface area contributed by atoms with Gasteiger partial charge in [0, 0.05) is 10.9 Å². The number of nitrogens with one attached hydrogen (secondary N) is 1. The Morgan fingerprint density at radius 3 is 2.24 bits per heavy atom. The van der Waals surface area contributed by atoms with E-state index in [4.69, 9.17) is 5.73 Å². The van der Waals surface area contributed by atoms with Gasteiger partial charge in [0.15, 0.2) is 5.13 Å². The molecular formula is C13H19N3S. The molecule has 0 unspecified atom stereocenters. The number of nitrogens with two attached hydrogens (primary N) is 1. The Hall–Kier alpha value is -0.770. The fourth-order valence-corrected chi connectivity index (χ4v) is 5.38. The molecule has 3 N–H and O–H groups in total. The summed E-state index contributed by atoms with van der Waals surface area (Å²) in [6.07, 6.45) is 8.53. The maximum atomic E-state index is 5.71. The Labute approximate surface area is 106 Å². The Morgan fingerprint density at radius 2 is 1.76 bits per heavy atom. The third kappa shape index (κ3) is 1.65. The van der Waals surface area contributed by atoms with Crippen molar-refractivity contribution in [3.8, 4) is 0 Å². The molecule has 1 heterocycles. The minimum atomic E-state index is 0.356. The van der Waals surface area contributed by atoms with Gasteiger partial charge < -0.3 is 11.1 Å². The second-order valence-electron chi connectivity index (χ2n) is 6.39. The second kappa shape index (κ2) is 3.37. The van der Waals surface area contributed by atoms with Crippen LogP contribution in [-0.4, -0.2) is 10.5 Å². The predicted molar refractivity (Wildman–Crippen MR) is 71.1 cm³/mol. The van der Waals surface area contributed by atoms with Gasteiger partial charge in [0.05, 0.1) is 0 Å². The molecule has 0 spiro atoms. The summed E-state index contributed by atoms with van der Waals surface area (Å²) < 4.78 is 0. The first kappa shape index (κ1) is 10.2. The quantitative estimate of drug-likeness (QED) is 0.846. The van der Waals surface area contributed by atoms with Crippen LogP contribution in [0.3, 0.4) is 0 Å². The first-order chi connectivity index (χ1) is 8.21. The largest absolute Gasteiger partial charge is 0.375 e. The highest BCUT2D eigenvalue weighted by Crippen LogP contribution is 2.56. The van der Waals surface area contributed by atoms with Crippen LogP contribution < -0.4 is 11.1 Å². The van der Waals surface area contributed by atoms with Crippen molar-refractivity contribution in [2.45, 2.75) is 44.1 Å². The molecule has 4 aliphatic rings. The zero-order chi connectivity index (χ0) is 11.5. The number of hydrogen-bond donors (Lipinski definition) is 2. The van der Waals surface area contributed by atoms with Crippen LogP contribution in [-0.2, 0) is 0 Å². The zero-order valence-electron chi connectivity index (χ0n) is 9.98. The van der Waals surface area contributed by atoms with Gasteiger partial charge in [0.2, 0.25) is 0 Å². The van der Waals surface area contributed by atoms with E-state index in [-0.39, 0.29) is 0 Å². The number of rotatable bonds is 2. The molecule has 1 aromatic heterocycles. The first-order valence-corrected chi connectivity index (χ1v) is 7.58. The van der Waals surface area contributed by atoms with E-state index in [1.807, 2.05) is 0 Å². The highest BCUT2D eigenvalue weighted by atomic mass is 32.1. The topological polar surface area (TPSA) is 50.9 Å². The van der Waals surface area contributed by atoms with Crippen molar-refractivity contribution >= 4 is 22.3 Å². The molecule has 3 nitrogen and oxygen atoms in total. The lowest BCUT2D eigenvalue weighted by Gasteiger charge is -2.57. The monoisotopic (exact) mass is 249 g/mol. The average molecular weight is 249 g/mol. The van der Waals surface area contributed by atoms with Crippen LogP contribution in [0, 0.1) is 17.8 Å². The lowest BCUT2D eigenvalue weighted by atomic mass is 9.53. The molecule has 4 aliphatic carbocycles. The minimum absolute atomic E-state index is 0.356. The summed E-state index contributed by atoms with van der Waals surface area (Å²) in [5.41, 5.74) is 6.07. The van der Waals surface area contributed by atoms with Gasteiger partial charge in [-0.15, -0.1) is 11.3 Å². The molecule has 4 bridgehead atoms. The number of thiazole rings is 1. The van der Waals surface area contributed by atoms with E-state index in [0.29, 0.717) is 10.7 Å². The predicted octanol–water partition coefficient (Wildman–Crippen LogP) is 3.11. The molecular weight excluding hydrogens is 230 g/mol. The van der Waals surface area contributed by atoms with Crippen molar-refractivity contribution in [1.29, 1.82) is 0 Å². The van der Waals surface area contributed by atoms with Gasteiger partial charge in [0.1, 0.15) is 5.82 Å². The van der Waals surface area contributed by atoms with Crippen molar-refractivity contribution in [1.82, 2.24) is 4.98 Å². The van der Waals surface area contributed by atoms with Gasteiger partial charge in [-0.25, -0.2) is 4.98 Å². The SMILES string of the molecule is Nc1nc(NC23CC4CC(CC(C4)C2)C3)cs1. The fourth-order valence-electron chi connectivity index (χ4n) is 4.88. The highest BCUT2D eigenvalue weighted by molar-refractivity contribution is 7.13. The van der Waals surface area contributed by atoms with E-state index in [0.717, 1.165) is 23.6 Å². The summed E-state index contributed by atoms with van der Waals surface area (Å²) in [5, 5.41) is 6.47. The Morgan fingerprint density at radius 1 is 1.18 bits per heavy atom. The molecule has 0 aliphatic heterocycles. The summed E-state index contributed by atoms with van der Waals surface area (Å²) in [5.74, 6) is 3.94. The van der Waals surface area contributed by atoms with Crippen LogP contribution in [0.4, 0.5) is 10.9 Å². The third-order valence-corrected chi connectivity index (χ3v) is 5.63. The van der Waals surface area contributed by atoms with Gasteiger partial charge in [-0.05, 0) is 56.3 Å². The minimum Gasteiger partial charge on any atom is -0.375 e. The van der Waals surface area contributed by atoms with E-state index >= 15 is 0 Å². The Bertz CT molecular complexity index is 404. The molecule has 0 aromatic carbocycles. The molecule has 17 heavy (non-hydrogen) atoms. The van der Waals surface area contributed by atoms with Crippen molar-refractivity contribution < 1.29 is 0 Å². The third-order valence-electron chi connectivity index (χ3n) is 4.95. The lowest BCUT2D eigenvalue weighted by Crippen LogP contribution is -2.54. The number of nitrogens with zero attached hydrogens (tertiary/aromatic N) is 1. The van der Waals surface area contributed by atoms with Crippen molar-refractivity contribution in [3.63, 3.8) is 0 Å². The van der Waals surface area contributed by atoms with E-state index in [1.165, 1.54) is 49.9 Å². The van der Waals surface area contributed by atoms with Gasteiger partial charge in [-0.2, -0.15) is 0 Å². The number of hydrogen-bond acceptors (Lipinski definition) is 4. The smallest absolute Gasteiger partial charge is 0.182 e. The van der Waals surface area contributed by atoms with Crippen molar-refractivity contribution in [2.24, 2.45) is 17.8 Å². The van der Waals surface area contributed by atoms with E-state index in [9.17, 15) is 0 Å². The molecule has 1 aromatic rings. The summed E-state index contributed by atoms with van der Waals surface area (Å²) in [7, 11) is 0. The summed E-state index contributed by atoms with van der Waals surface area (Å²) in [6, 6.07) is 0.